The third-order valence-corrected chi connectivity index (χ3v) is 2.61. The van der Waals surface area contributed by atoms with Gasteiger partial charge in [-0.25, -0.2) is 14.8 Å². The quantitative estimate of drug-likeness (QED) is 0.821. The number of nitrogens with one attached hydrogen (secondary N) is 1. The maximum atomic E-state index is 11.4. The summed E-state index contributed by atoms with van der Waals surface area (Å²) in [6.45, 7) is 5.94. The number of amides is 1. The second-order valence-electron chi connectivity index (χ2n) is 4.78. The van der Waals surface area contributed by atoms with Crippen molar-refractivity contribution in [1.29, 1.82) is 0 Å². The monoisotopic (exact) mass is 347 g/mol. The molecule has 1 heterocycles. The molecule has 0 bridgehead atoms. The van der Waals surface area contributed by atoms with Gasteiger partial charge in [0.1, 0.15) is 23.0 Å². The fraction of sp³-hybridized carbons (Fsp3) is 0.583. The first kappa shape index (κ1) is 16.5. The largest absolute Gasteiger partial charge is 0.480 e. The summed E-state index contributed by atoms with van der Waals surface area (Å²) in [7, 11) is 1.50. The Morgan fingerprint density at radius 2 is 2.00 bits per heavy atom. The Hall–Kier alpha value is -1.57. The third-order valence-electron chi connectivity index (χ3n) is 1.93. The summed E-state index contributed by atoms with van der Waals surface area (Å²) >= 11 is 3.28. The maximum Gasteiger partial charge on any atom is 0.407 e. The fourth-order valence-corrected chi connectivity index (χ4v) is 1.68. The van der Waals surface area contributed by atoms with Crippen LogP contribution in [0, 0.1) is 0 Å². The second-order valence-corrected chi connectivity index (χ2v) is 5.57. The summed E-state index contributed by atoms with van der Waals surface area (Å²) < 4.78 is 16.0. The van der Waals surface area contributed by atoms with E-state index in [-0.39, 0.29) is 6.61 Å². The van der Waals surface area contributed by atoms with Gasteiger partial charge in [-0.3, -0.25) is 0 Å². The minimum absolute atomic E-state index is 0.248. The zero-order valence-corrected chi connectivity index (χ0v) is 13.5. The van der Waals surface area contributed by atoms with Gasteiger partial charge in [-0.15, -0.1) is 0 Å². The van der Waals surface area contributed by atoms with Gasteiger partial charge in [0.15, 0.2) is 0 Å². The molecule has 0 spiro atoms. The van der Waals surface area contributed by atoms with Crippen molar-refractivity contribution in [3.63, 3.8) is 0 Å². The second kappa shape index (κ2) is 7.28. The van der Waals surface area contributed by atoms with Gasteiger partial charge >= 0.3 is 6.09 Å². The van der Waals surface area contributed by atoms with Crippen LogP contribution in [0.4, 0.5) is 4.79 Å². The van der Waals surface area contributed by atoms with Crippen molar-refractivity contribution in [3.8, 4) is 11.8 Å². The third kappa shape index (κ3) is 5.60. The van der Waals surface area contributed by atoms with Crippen LogP contribution in [-0.4, -0.2) is 41.9 Å². The molecule has 0 aliphatic heterocycles. The Labute approximate surface area is 126 Å². The molecule has 1 rings (SSSR count). The van der Waals surface area contributed by atoms with Crippen LogP contribution in [0.1, 0.15) is 20.8 Å². The lowest BCUT2D eigenvalue weighted by atomic mass is 10.2. The zero-order chi connectivity index (χ0) is 15.2. The lowest BCUT2D eigenvalue weighted by Gasteiger charge is -2.19. The van der Waals surface area contributed by atoms with Crippen LogP contribution in [0.5, 0.6) is 11.8 Å². The molecule has 7 nitrogen and oxygen atoms in total. The molecule has 0 aliphatic carbocycles. The molecule has 0 aliphatic rings. The fourth-order valence-electron chi connectivity index (χ4n) is 1.20. The van der Waals surface area contributed by atoms with Crippen molar-refractivity contribution >= 4 is 22.0 Å². The number of hydrogen-bond acceptors (Lipinski definition) is 6. The number of nitrogens with zero attached hydrogens (tertiary/aromatic N) is 2. The molecule has 0 aromatic carbocycles. The van der Waals surface area contributed by atoms with E-state index in [0.717, 1.165) is 0 Å². The Kier molecular flexibility index (Phi) is 6.00. The van der Waals surface area contributed by atoms with E-state index in [1.54, 1.807) is 20.8 Å². The van der Waals surface area contributed by atoms with Crippen molar-refractivity contribution < 1.29 is 19.0 Å². The Morgan fingerprint density at radius 1 is 1.35 bits per heavy atom. The summed E-state index contributed by atoms with van der Waals surface area (Å²) in [5.74, 6) is 0.734. The minimum atomic E-state index is -0.520. The number of carbonyl (C=O) groups excluding carboxylic acids is 1. The van der Waals surface area contributed by atoms with Gasteiger partial charge in [0.05, 0.1) is 13.7 Å². The van der Waals surface area contributed by atoms with Crippen LogP contribution in [0.15, 0.2) is 10.8 Å². The van der Waals surface area contributed by atoms with Crippen LogP contribution in [0.3, 0.4) is 0 Å². The number of carbonyl (C=O) groups is 1. The average Bonchev–Trinajstić information content (AvgIpc) is 2.34. The van der Waals surface area contributed by atoms with Crippen LogP contribution in [0.25, 0.3) is 0 Å². The summed E-state index contributed by atoms with van der Waals surface area (Å²) in [4.78, 5) is 19.3. The topological polar surface area (TPSA) is 82.6 Å². The first-order valence-corrected chi connectivity index (χ1v) is 6.77. The molecule has 1 aromatic rings. The number of hydrogen-bond donors (Lipinski definition) is 1. The van der Waals surface area contributed by atoms with E-state index in [2.05, 4.69) is 31.2 Å². The van der Waals surface area contributed by atoms with E-state index in [9.17, 15) is 4.79 Å². The minimum Gasteiger partial charge on any atom is -0.480 e. The Bertz CT molecular complexity index is 463. The predicted molar refractivity (Wildman–Crippen MR) is 76.0 cm³/mol. The Morgan fingerprint density at radius 3 is 2.60 bits per heavy atom. The van der Waals surface area contributed by atoms with Gasteiger partial charge in [-0.2, -0.15) is 0 Å². The van der Waals surface area contributed by atoms with Gasteiger partial charge in [0.25, 0.3) is 0 Å². The van der Waals surface area contributed by atoms with E-state index in [1.165, 1.54) is 13.4 Å². The normalized spacial score (nSPS) is 10.8. The highest BCUT2D eigenvalue weighted by Crippen LogP contribution is 2.29. The van der Waals surface area contributed by atoms with Crippen molar-refractivity contribution in [2.75, 3.05) is 20.3 Å². The molecule has 0 atom stereocenters. The first-order chi connectivity index (χ1) is 9.33. The van der Waals surface area contributed by atoms with Gasteiger partial charge in [-0.05, 0) is 36.7 Å². The molecular weight excluding hydrogens is 330 g/mol. The zero-order valence-electron chi connectivity index (χ0n) is 11.9. The highest BCUT2D eigenvalue weighted by atomic mass is 79.9. The summed E-state index contributed by atoms with van der Waals surface area (Å²) in [5, 5.41) is 2.58. The average molecular weight is 348 g/mol. The number of methoxy groups -OCH3 is 1. The van der Waals surface area contributed by atoms with E-state index < -0.39 is 11.7 Å². The number of alkyl carbamates (subject to hydrolysis) is 1. The van der Waals surface area contributed by atoms with Gasteiger partial charge < -0.3 is 19.5 Å². The molecule has 0 radical (unpaired) electrons. The molecule has 0 saturated heterocycles. The van der Waals surface area contributed by atoms with Crippen molar-refractivity contribution in [2.45, 2.75) is 26.4 Å². The van der Waals surface area contributed by atoms with Crippen LogP contribution in [-0.2, 0) is 4.74 Å². The highest BCUT2D eigenvalue weighted by Gasteiger charge is 2.15. The Balaban J connectivity index is 2.37. The molecular formula is C12H18BrN3O4. The summed E-state index contributed by atoms with van der Waals surface area (Å²) in [6, 6.07) is 0. The molecule has 112 valence electrons. The smallest absolute Gasteiger partial charge is 0.407 e. The van der Waals surface area contributed by atoms with Crippen LogP contribution < -0.4 is 14.8 Å². The number of halogens is 1. The summed E-state index contributed by atoms with van der Waals surface area (Å²) in [6.07, 6.45) is 0.848. The standard InChI is InChI=1S/C12H18BrN3O4/c1-12(2,3)20-11(17)14-5-6-19-10-8(13)9(18-4)15-7-16-10/h7H,5-6H2,1-4H3,(H,14,17). The maximum absolute atomic E-state index is 11.4. The van der Waals surface area contributed by atoms with E-state index in [0.29, 0.717) is 22.8 Å². The highest BCUT2D eigenvalue weighted by molar-refractivity contribution is 9.10. The molecule has 0 saturated carbocycles. The predicted octanol–water partition coefficient (Wildman–Crippen LogP) is 2.15. The SMILES string of the molecule is COc1ncnc(OCCNC(=O)OC(C)(C)C)c1Br. The van der Waals surface area contributed by atoms with Gasteiger partial charge in [0, 0.05) is 0 Å². The van der Waals surface area contributed by atoms with E-state index in [4.69, 9.17) is 14.2 Å². The molecule has 20 heavy (non-hydrogen) atoms. The molecule has 8 heteroatoms. The number of rotatable bonds is 5. The van der Waals surface area contributed by atoms with Crippen LogP contribution in [0.2, 0.25) is 0 Å². The number of aromatic nitrogens is 2. The van der Waals surface area contributed by atoms with E-state index in [1.807, 2.05) is 0 Å². The molecule has 1 aromatic heterocycles. The van der Waals surface area contributed by atoms with Gasteiger partial charge in [-0.1, -0.05) is 0 Å². The molecule has 1 N–H and O–H groups in total. The lowest BCUT2D eigenvalue weighted by molar-refractivity contribution is 0.0519. The van der Waals surface area contributed by atoms with Crippen molar-refractivity contribution in [3.05, 3.63) is 10.8 Å². The van der Waals surface area contributed by atoms with E-state index >= 15 is 0 Å². The molecule has 0 unspecified atom stereocenters. The first-order valence-electron chi connectivity index (χ1n) is 5.97. The summed E-state index contributed by atoms with van der Waals surface area (Å²) in [5.41, 5.74) is -0.520. The van der Waals surface area contributed by atoms with Crippen molar-refractivity contribution in [2.24, 2.45) is 0 Å². The van der Waals surface area contributed by atoms with Crippen LogP contribution >= 0.6 is 15.9 Å². The molecule has 0 fully saturated rings. The van der Waals surface area contributed by atoms with Gasteiger partial charge in [0.2, 0.25) is 11.8 Å². The van der Waals surface area contributed by atoms with Crippen molar-refractivity contribution in [1.82, 2.24) is 15.3 Å². The molecule has 1 amide bonds. The number of ether oxygens (including phenoxy) is 3. The lowest BCUT2D eigenvalue weighted by Crippen LogP contribution is -2.34.